The molecular formula is C18H17N3O3S2. The first kappa shape index (κ1) is 17.1. The summed E-state index contributed by atoms with van der Waals surface area (Å²) >= 11 is 1.54. The molecule has 2 aromatic carbocycles. The van der Waals surface area contributed by atoms with Crippen LogP contribution in [0, 0.1) is 0 Å². The van der Waals surface area contributed by atoms with E-state index in [0.717, 1.165) is 28.1 Å². The first-order chi connectivity index (χ1) is 12.5. The molecule has 0 saturated carbocycles. The van der Waals surface area contributed by atoms with Crippen molar-refractivity contribution in [2.24, 2.45) is 5.73 Å². The maximum Gasteiger partial charge on any atom is 0.248 e. The van der Waals surface area contributed by atoms with Gasteiger partial charge in [-0.2, -0.15) is 4.31 Å². The molecule has 0 spiro atoms. The third-order valence-corrected chi connectivity index (χ3v) is 7.60. The molecule has 0 unspecified atom stereocenters. The Kier molecular flexibility index (Phi) is 4.26. The molecule has 1 aliphatic heterocycles. The van der Waals surface area contributed by atoms with E-state index in [2.05, 4.69) is 4.98 Å². The second kappa shape index (κ2) is 6.46. The average molecular weight is 387 g/mol. The van der Waals surface area contributed by atoms with E-state index in [-0.39, 0.29) is 16.5 Å². The zero-order valence-electron chi connectivity index (χ0n) is 13.8. The molecular weight excluding hydrogens is 370 g/mol. The molecule has 0 bridgehead atoms. The third kappa shape index (κ3) is 2.90. The van der Waals surface area contributed by atoms with Gasteiger partial charge in [-0.3, -0.25) is 4.79 Å². The van der Waals surface area contributed by atoms with Crippen LogP contribution in [0.1, 0.15) is 34.2 Å². The molecule has 1 amide bonds. The fourth-order valence-corrected chi connectivity index (χ4v) is 6.08. The molecule has 6 nitrogen and oxygen atoms in total. The van der Waals surface area contributed by atoms with Gasteiger partial charge in [-0.25, -0.2) is 13.4 Å². The Hall–Kier alpha value is -2.29. The number of fused-ring (bicyclic) bond motifs is 1. The van der Waals surface area contributed by atoms with Gasteiger partial charge in [0.25, 0.3) is 0 Å². The lowest BCUT2D eigenvalue weighted by Crippen LogP contribution is -2.30. The van der Waals surface area contributed by atoms with E-state index in [0.29, 0.717) is 6.54 Å². The number of carbonyl (C=O) groups excluding carboxylic acids is 1. The molecule has 1 aromatic heterocycles. The Balaban J connectivity index is 1.69. The molecule has 1 fully saturated rings. The van der Waals surface area contributed by atoms with Gasteiger partial charge in [-0.15, -0.1) is 11.3 Å². The maximum absolute atomic E-state index is 13.1. The van der Waals surface area contributed by atoms with Crippen LogP contribution in [0.5, 0.6) is 0 Å². The summed E-state index contributed by atoms with van der Waals surface area (Å²) in [6.07, 6.45) is 1.54. The third-order valence-electron chi connectivity index (χ3n) is 4.54. The smallest absolute Gasteiger partial charge is 0.248 e. The van der Waals surface area contributed by atoms with Crippen molar-refractivity contribution in [2.45, 2.75) is 23.8 Å². The topological polar surface area (TPSA) is 93.4 Å². The number of sulfonamides is 1. The lowest BCUT2D eigenvalue weighted by Gasteiger charge is -2.22. The number of hydrogen-bond donors (Lipinski definition) is 1. The molecule has 3 aromatic rings. The van der Waals surface area contributed by atoms with Crippen LogP contribution in [0.4, 0.5) is 0 Å². The Morgan fingerprint density at radius 2 is 1.88 bits per heavy atom. The van der Waals surface area contributed by atoms with Crippen LogP contribution in [0.3, 0.4) is 0 Å². The van der Waals surface area contributed by atoms with Gasteiger partial charge >= 0.3 is 0 Å². The second-order valence-corrected chi connectivity index (χ2v) is 9.14. The summed E-state index contributed by atoms with van der Waals surface area (Å²) in [5.41, 5.74) is 6.40. The van der Waals surface area contributed by atoms with E-state index in [4.69, 9.17) is 5.73 Å². The van der Waals surface area contributed by atoms with Gasteiger partial charge in [-0.05, 0) is 49.2 Å². The molecule has 4 rings (SSSR count). The summed E-state index contributed by atoms with van der Waals surface area (Å²) in [5, 5.41) is 0.820. The molecule has 8 heteroatoms. The summed E-state index contributed by atoms with van der Waals surface area (Å²) in [6.45, 7) is 0.459. The minimum absolute atomic E-state index is 0.163. The maximum atomic E-state index is 13.1. The van der Waals surface area contributed by atoms with Gasteiger partial charge in [0.1, 0.15) is 5.01 Å². The largest absolute Gasteiger partial charge is 0.366 e. The number of para-hydroxylation sites is 1. The lowest BCUT2D eigenvalue weighted by atomic mass is 10.2. The predicted molar refractivity (Wildman–Crippen MR) is 100 cm³/mol. The summed E-state index contributed by atoms with van der Waals surface area (Å²) < 4.78 is 28.8. The zero-order valence-corrected chi connectivity index (χ0v) is 15.5. The first-order valence-corrected chi connectivity index (χ1v) is 10.5. The van der Waals surface area contributed by atoms with Gasteiger partial charge in [-0.1, -0.05) is 12.1 Å². The standard InChI is InChI=1S/C18H17N3O3S2/c19-17(22)12-7-9-13(10-8-12)26(23,24)21-11-3-5-15(21)18-20-14-4-1-2-6-16(14)25-18/h1-2,4,6-10,15H,3,5,11H2,(H2,19,22)/t15-/m1/s1. The van der Waals surface area contributed by atoms with Crippen molar-refractivity contribution in [1.29, 1.82) is 0 Å². The highest BCUT2D eigenvalue weighted by Crippen LogP contribution is 2.39. The number of carbonyl (C=O) groups is 1. The number of rotatable bonds is 4. The fourth-order valence-electron chi connectivity index (χ4n) is 3.23. The number of benzene rings is 2. The van der Waals surface area contributed by atoms with E-state index in [9.17, 15) is 13.2 Å². The molecule has 1 saturated heterocycles. The van der Waals surface area contributed by atoms with Gasteiger partial charge in [0.05, 0.1) is 21.2 Å². The van der Waals surface area contributed by atoms with Crippen LogP contribution in [-0.4, -0.2) is 30.2 Å². The quantitative estimate of drug-likeness (QED) is 0.745. The SMILES string of the molecule is NC(=O)c1ccc(S(=O)(=O)N2CCC[C@@H]2c2nc3ccccc3s2)cc1. The van der Waals surface area contributed by atoms with Crippen LogP contribution in [0.15, 0.2) is 53.4 Å². The molecule has 134 valence electrons. The first-order valence-electron chi connectivity index (χ1n) is 8.24. The van der Waals surface area contributed by atoms with Crippen molar-refractivity contribution < 1.29 is 13.2 Å². The number of amides is 1. The van der Waals surface area contributed by atoms with Crippen molar-refractivity contribution in [2.75, 3.05) is 6.54 Å². The van der Waals surface area contributed by atoms with Crippen molar-refractivity contribution >= 4 is 37.5 Å². The Morgan fingerprint density at radius 1 is 1.15 bits per heavy atom. The van der Waals surface area contributed by atoms with Gasteiger partial charge in [0.2, 0.25) is 15.9 Å². The number of aromatic nitrogens is 1. The Labute approximate surface area is 155 Å². The lowest BCUT2D eigenvalue weighted by molar-refractivity contribution is 0.1000. The van der Waals surface area contributed by atoms with E-state index >= 15 is 0 Å². The number of nitrogens with two attached hydrogens (primary N) is 1. The van der Waals surface area contributed by atoms with E-state index in [1.807, 2.05) is 24.3 Å². The molecule has 26 heavy (non-hydrogen) atoms. The summed E-state index contributed by atoms with van der Waals surface area (Å²) in [4.78, 5) is 16.0. The number of hydrogen-bond acceptors (Lipinski definition) is 5. The number of thiazole rings is 1. The van der Waals surface area contributed by atoms with Gasteiger partial charge in [0.15, 0.2) is 0 Å². The second-order valence-electron chi connectivity index (χ2n) is 6.18. The zero-order chi connectivity index (χ0) is 18.3. The fraction of sp³-hybridized carbons (Fsp3) is 0.222. The van der Waals surface area contributed by atoms with Gasteiger partial charge < -0.3 is 5.73 Å². The van der Waals surface area contributed by atoms with E-state index in [1.165, 1.54) is 39.9 Å². The van der Waals surface area contributed by atoms with Crippen molar-refractivity contribution in [3.05, 3.63) is 59.1 Å². The summed E-state index contributed by atoms with van der Waals surface area (Å²) in [6, 6.07) is 13.3. The monoisotopic (exact) mass is 387 g/mol. The highest BCUT2D eigenvalue weighted by Gasteiger charge is 2.37. The van der Waals surface area contributed by atoms with Gasteiger partial charge in [0, 0.05) is 12.1 Å². The molecule has 1 atom stereocenters. The minimum atomic E-state index is -3.67. The molecule has 2 heterocycles. The molecule has 1 aliphatic rings. The average Bonchev–Trinajstić information content (AvgIpc) is 3.28. The van der Waals surface area contributed by atoms with Crippen molar-refractivity contribution in [3.63, 3.8) is 0 Å². The van der Waals surface area contributed by atoms with Crippen LogP contribution < -0.4 is 5.73 Å². The summed E-state index contributed by atoms with van der Waals surface area (Å²) in [7, 11) is -3.67. The van der Waals surface area contributed by atoms with Crippen LogP contribution in [0.25, 0.3) is 10.2 Å². The van der Waals surface area contributed by atoms with Crippen molar-refractivity contribution in [3.8, 4) is 0 Å². The van der Waals surface area contributed by atoms with Crippen molar-refractivity contribution in [1.82, 2.24) is 9.29 Å². The highest BCUT2D eigenvalue weighted by molar-refractivity contribution is 7.89. The predicted octanol–water partition coefficient (Wildman–Crippen LogP) is 2.92. The van der Waals surface area contributed by atoms with E-state index < -0.39 is 15.9 Å². The summed E-state index contributed by atoms with van der Waals surface area (Å²) in [5.74, 6) is -0.581. The van der Waals surface area contributed by atoms with Crippen LogP contribution in [0.2, 0.25) is 0 Å². The van der Waals surface area contributed by atoms with E-state index in [1.54, 1.807) is 0 Å². The molecule has 2 N–H and O–H groups in total. The highest BCUT2D eigenvalue weighted by atomic mass is 32.2. The van der Waals surface area contributed by atoms with Crippen LogP contribution in [-0.2, 0) is 10.0 Å². The normalized spacial score (nSPS) is 18.4. The molecule has 0 aliphatic carbocycles. The number of nitrogens with zero attached hydrogens (tertiary/aromatic N) is 2. The molecule has 0 radical (unpaired) electrons. The Bertz CT molecular complexity index is 1040. The minimum Gasteiger partial charge on any atom is -0.366 e. The number of primary amides is 1. The van der Waals surface area contributed by atoms with Crippen LogP contribution >= 0.6 is 11.3 Å². The Morgan fingerprint density at radius 3 is 2.58 bits per heavy atom.